The molecule has 0 saturated heterocycles. The molecule has 5 heteroatoms. The number of nitrogens with one attached hydrogen (secondary N) is 1. The molecule has 0 heterocycles. The molecule has 0 saturated carbocycles. The molecule has 0 aliphatic rings. The third-order valence-electron chi connectivity index (χ3n) is 2.87. The van der Waals surface area contributed by atoms with Crippen LogP contribution in [0.25, 0.3) is 0 Å². The Bertz CT molecular complexity index is 267. The van der Waals surface area contributed by atoms with Gasteiger partial charge in [-0.3, -0.25) is 9.59 Å². The molecule has 0 aromatic rings. The van der Waals surface area contributed by atoms with Gasteiger partial charge in [-0.15, -0.1) is 0 Å². The van der Waals surface area contributed by atoms with E-state index in [4.69, 9.17) is 5.11 Å². The maximum atomic E-state index is 12.0. The first kappa shape index (κ1) is 16.9. The van der Waals surface area contributed by atoms with Gasteiger partial charge in [0.2, 0.25) is 5.91 Å². The van der Waals surface area contributed by atoms with E-state index in [1.807, 2.05) is 13.8 Å². The molecule has 1 atom stereocenters. The van der Waals surface area contributed by atoms with E-state index in [2.05, 4.69) is 19.2 Å². The lowest BCUT2D eigenvalue weighted by Gasteiger charge is -2.27. The molecule has 0 aliphatic carbocycles. The van der Waals surface area contributed by atoms with Gasteiger partial charge in [-0.1, -0.05) is 20.8 Å². The van der Waals surface area contributed by atoms with Gasteiger partial charge in [0.15, 0.2) is 0 Å². The maximum Gasteiger partial charge on any atom is 0.323 e. The van der Waals surface area contributed by atoms with E-state index in [1.54, 1.807) is 0 Å². The van der Waals surface area contributed by atoms with E-state index in [1.165, 1.54) is 4.90 Å². The summed E-state index contributed by atoms with van der Waals surface area (Å²) in [6.07, 6.45) is 1.91. The standard InChI is InChI=1S/C13H26N2O3/c1-5-11(4)15(9-13(17)18)12(16)7-6-8-14-10(2)3/h10-11,14H,5-9H2,1-4H3,(H,17,18). The lowest BCUT2D eigenvalue weighted by atomic mass is 10.2. The lowest BCUT2D eigenvalue weighted by molar-refractivity contribution is -0.146. The van der Waals surface area contributed by atoms with Crippen molar-refractivity contribution in [2.75, 3.05) is 13.1 Å². The van der Waals surface area contributed by atoms with Crippen LogP contribution in [0.3, 0.4) is 0 Å². The fourth-order valence-corrected chi connectivity index (χ4v) is 1.63. The Morgan fingerprint density at radius 2 is 1.89 bits per heavy atom. The van der Waals surface area contributed by atoms with Gasteiger partial charge in [0.1, 0.15) is 6.54 Å². The van der Waals surface area contributed by atoms with E-state index in [-0.39, 0.29) is 18.5 Å². The number of carboxylic acids is 1. The first-order chi connectivity index (χ1) is 8.38. The molecule has 0 radical (unpaired) electrons. The Morgan fingerprint density at radius 3 is 2.33 bits per heavy atom. The number of rotatable bonds is 9. The monoisotopic (exact) mass is 258 g/mol. The van der Waals surface area contributed by atoms with Crippen LogP contribution in [0.1, 0.15) is 47.0 Å². The molecule has 0 fully saturated rings. The Labute approximate surface area is 110 Å². The van der Waals surface area contributed by atoms with Crippen molar-refractivity contribution in [3.8, 4) is 0 Å². The quantitative estimate of drug-likeness (QED) is 0.615. The highest BCUT2D eigenvalue weighted by molar-refractivity contribution is 5.81. The smallest absolute Gasteiger partial charge is 0.323 e. The summed E-state index contributed by atoms with van der Waals surface area (Å²) in [5, 5.41) is 12.1. The fourth-order valence-electron chi connectivity index (χ4n) is 1.63. The number of amides is 1. The van der Waals surface area contributed by atoms with E-state index in [0.29, 0.717) is 12.5 Å². The predicted octanol–water partition coefficient (Wildman–Crippen LogP) is 1.48. The summed E-state index contributed by atoms with van der Waals surface area (Å²) in [5.41, 5.74) is 0. The van der Waals surface area contributed by atoms with Crippen molar-refractivity contribution in [1.82, 2.24) is 10.2 Å². The molecule has 0 spiro atoms. The number of nitrogens with zero attached hydrogens (tertiary/aromatic N) is 1. The summed E-state index contributed by atoms with van der Waals surface area (Å²) in [5.74, 6) is -1.03. The van der Waals surface area contributed by atoms with Gasteiger partial charge in [-0.25, -0.2) is 0 Å². The van der Waals surface area contributed by atoms with Crippen LogP contribution in [0.4, 0.5) is 0 Å². The van der Waals surface area contributed by atoms with Crippen LogP contribution >= 0.6 is 0 Å². The minimum Gasteiger partial charge on any atom is -0.480 e. The van der Waals surface area contributed by atoms with Gasteiger partial charge in [0.05, 0.1) is 0 Å². The summed E-state index contributed by atoms with van der Waals surface area (Å²) in [7, 11) is 0. The van der Waals surface area contributed by atoms with Gasteiger partial charge >= 0.3 is 5.97 Å². The molecular formula is C13H26N2O3. The van der Waals surface area contributed by atoms with Crippen molar-refractivity contribution in [3.05, 3.63) is 0 Å². The molecule has 1 unspecified atom stereocenters. The van der Waals surface area contributed by atoms with E-state index >= 15 is 0 Å². The van der Waals surface area contributed by atoms with Crippen molar-refractivity contribution < 1.29 is 14.7 Å². The van der Waals surface area contributed by atoms with Crippen LogP contribution in [0.15, 0.2) is 0 Å². The molecule has 106 valence electrons. The highest BCUT2D eigenvalue weighted by atomic mass is 16.4. The Morgan fingerprint density at radius 1 is 1.28 bits per heavy atom. The predicted molar refractivity (Wildman–Crippen MR) is 71.5 cm³/mol. The number of carbonyl (C=O) groups is 2. The van der Waals surface area contributed by atoms with Crippen LogP contribution in [0.5, 0.6) is 0 Å². The van der Waals surface area contributed by atoms with Crippen molar-refractivity contribution in [2.24, 2.45) is 0 Å². The van der Waals surface area contributed by atoms with Crippen LogP contribution in [-0.4, -0.2) is 47.1 Å². The molecule has 2 N–H and O–H groups in total. The van der Waals surface area contributed by atoms with Gasteiger partial charge in [-0.05, 0) is 26.3 Å². The number of hydrogen-bond donors (Lipinski definition) is 2. The zero-order valence-corrected chi connectivity index (χ0v) is 11.9. The lowest BCUT2D eigenvalue weighted by Crippen LogP contribution is -2.42. The molecule has 18 heavy (non-hydrogen) atoms. The minimum atomic E-state index is -0.955. The summed E-state index contributed by atoms with van der Waals surface area (Å²) in [4.78, 5) is 24.2. The summed E-state index contributed by atoms with van der Waals surface area (Å²) < 4.78 is 0. The second kappa shape index (κ2) is 8.91. The number of carboxylic acid groups (broad SMARTS) is 1. The fraction of sp³-hybridized carbons (Fsp3) is 0.846. The van der Waals surface area contributed by atoms with Crippen molar-refractivity contribution in [1.29, 1.82) is 0 Å². The van der Waals surface area contributed by atoms with E-state index < -0.39 is 5.97 Å². The molecule has 0 rings (SSSR count). The van der Waals surface area contributed by atoms with Gasteiger partial charge in [-0.2, -0.15) is 0 Å². The number of carbonyl (C=O) groups excluding carboxylic acids is 1. The maximum absolute atomic E-state index is 12.0. The number of hydrogen-bond acceptors (Lipinski definition) is 3. The summed E-state index contributed by atoms with van der Waals surface area (Å²) >= 11 is 0. The molecule has 1 amide bonds. The minimum absolute atomic E-state index is 0.0216. The average molecular weight is 258 g/mol. The molecule has 0 aromatic carbocycles. The van der Waals surface area contributed by atoms with Crippen molar-refractivity contribution in [2.45, 2.75) is 59.0 Å². The zero-order chi connectivity index (χ0) is 14.1. The second-order valence-electron chi connectivity index (χ2n) is 4.89. The third-order valence-corrected chi connectivity index (χ3v) is 2.87. The Kier molecular flexibility index (Phi) is 8.37. The Hall–Kier alpha value is -1.10. The SMILES string of the molecule is CCC(C)N(CC(=O)O)C(=O)CCCNC(C)C. The highest BCUT2D eigenvalue weighted by Crippen LogP contribution is 2.07. The van der Waals surface area contributed by atoms with Crippen LogP contribution in [0.2, 0.25) is 0 Å². The van der Waals surface area contributed by atoms with Crippen LogP contribution < -0.4 is 5.32 Å². The first-order valence-electron chi connectivity index (χ1n) is 6.63. The molecule has 0 aromatic heterocycles. The second-order valence-corrected chi connectivity index (χ2v) is 4.89. The average Bonchev–Trinajstić information content (AvgIpc) is 2.29. The zero-order valence-electron chi connectivity index (χ0n) is 11.9. The van der Waals surface area contributed by atoms with E-state index in [0.717, 1.165) is 19.4 Å². The van der Waals surface area contributed by atoms with Crippen molar-refractivity contribution in [3.63, 3.8) is 0 Å². The van der Waals surface area contributed by atoms with Gasteiger partial charge in [0.25, 0.3) is 0 Å². The molecule has 5 nitrogen and oxygen atoms in total. The molecular weight excluding hydrogens is 232 g/mol. The van der Waals surface area contributed by atoms with Gasteiger partial charge < -0.3 is 15.3 Å². The summed E-state index contributed by atoms with van der Waals surface area (Å²) in [6, 6.07) is 0.386. The molecule has 0 bridgehead atoms. The normalized spacial score (nSPS) is 12.5. The third kappa shape index (κ3) is 7.27. The first-order valence-corrected chi connectivity index (χ1v) is 6.63. The Balaban J connectivity index is 4.17. The largest absolute Gasteiger partial charge is 0.480 e. The van der Waals surface area contributed by atoms with Crippen LogP contribution in [-0.2, 0) is 9.59 Å². The topological polar surface area (TPSA) is 69.6 Å². The van der Waals surface area contributed by atoms with Crippen LogP contribution in [0, 0.1) is 0 Å². The van der Waals surface area contributed by atoms with Crippen molar-refractivity contribution >= 4 is 11.9 Å². The molecule has 0 aliphatic heterocycles. The highest BCUT2D eigenvalue weighted by Gasteiger charge is 2.20. The summed E-state index contributed by atoms with van der Waals surface area (Å²) in [6.45, 7) is 8.52. The van der Waals surface area contributed by atoms with Gasteiger partial charge in [0, 0.05) is 18.5 Å². The van der Waals surface area contributed by atoms with E-state index in [9.17, 15) is 9.59 Å². The number of aliphatic carboxylic acids is 1.